The van der Waals surface area contributed by atoms with Crippen molar-refractivity contribution in [2.75, 3.05) is 11.9 Å². The number of nitrogens with two attached hydrogens (primary N) is 1. The van der Waals surface area contributed by atoms with Crippen LogP contribution in [-0.2, 0) is 17.6 Å². The number of rotatable bonds is 8. The van der Waals surface area contributed by atoms with Crippen molar-refractivity contribution in [2.45, 2.75) is 78.3 Å². The molecule has 2 aromatic carbocycles. The van der Waals surface area contributed by atoms with E-state index >= 15 is 0 Å². The van der Waals surface area contributed by atoms with Gasteiger partial charge in [0.05, 0.1) is 12.1 Å². The molecule has 3 rings (SSSR count). The van der Waals surface area contributed by atoms with Gasteiger partial charge in [-0.25, -0.2) is 0 Å². The van der Waals surface area contributed by atoms with Gasteiger partial charge in [-0.05, 0) is 80.3 Å². The lowest BCUT2D eigenvalue weighted by Crippen LogP contribution is -2.44. The quantitative estimate of drug-likeness (QED) is 0.546. The van der Waals surface area contributed by atoms with Crippen LogP contribution in [0.4, 0.5) is 5.69 Å². The predicted octanol–water partition coefficient (Wildman–Crippen LogP) is 4.89. The van der Waals surface area contributed by atoms with Crippen molar-refractivity contribution in [1.29, 1.82) is 0 Å². The van der Waals surface area contributed by atoms with E-state index in [9.17, 15) is 4.79 Å². The first-order chi connectivity index (χ1) is 14.4. The van der Waals surface area contributed by atoms with E-state index in [4.69, 9.17) is 5.73 Å². The normalized spacial score (nSPS) is 16.5. The van der Waals surface area contributed by atoms with Crippen LogP contribution in [0.1, 0.15) is 72.0 Å². The van der Waals surface area contributed by atoms with Crippen molar-refractivity contribution in [3.05, 3.63) is 63.7 Å². The summed E-state index contributed by atoms with van der Waals surface area (Å²) in [7, 11) is 0. The van der Waals surface area contributed by atoms with E-state index in [2.05, 4.69) is 68.7 Å². The van der Waals surface area contributed by atoms with E-state index in [0.29, 0.717) is 6.42 Å². The van der Waals surface area contributed by atoms with Crippen molar-refractivity contribution >= 4 is 11.6 Å². The van der Waals surface area contributed by atoms with Gasteiger partial charge in [-0.3, -0.25) is 4.79 Å². The molecule has 0 saturated carbocycles. The van der Waals surface area contributed by atoms with Crippen LogP contribution in [0.2, 0.25) is 0 Å². The maximum absolute atomic E-state index is 13.0. The summed E-state index contributed by atoms with van der Waals surface area (Å²) in [5, 5.41) is 6.70. The maximum Gasteiger partial charge on any atom is 0.237 e. The van der Waals surface area contributed by atoms with Crippen LogP contribution < -0.4 is 16.4 Å². The number of amides is 1. The molecule has 4 nitrogen and oxygen atoms in total. The Bertz CT molecular complexity index is 867. The number of carbonyl (C=O) groups is 1. The lowest BCUT2D eigenvalue weighted by Gasteiger charge is -2.29. The van der Waals surface area contributed by atoms with Crippen LogP contribution in [0, 0.1) is 20.8 Å². The van der Waals surface area contributed by atoms with Crippen LogP contribution in [0.5, 0.6) is 0 Å². The van der Waals surface area contributed by atoms with Gasteiger partial charge in [-0.15, -0.1) is 0 Å². The van der Waals surface area contributed by atoms with E-state index in [0.717, 1.165) is 25.1 Å². The van der Waals surface area contributed by atoms with Crippen LogP contribution in [-0.4, -0.2) is 18.5 Å². The molecule has 0 aromatic heterocycles. The highest BCUT2D eigenvalue weighted by atomic mass is 16.2. The van der Waals surface area contributed by atoms with Gasteiger partial charge in [0, 0.05) is 12.2 Å². The highest BCUT2D eigenvalue weighted by Crippen LogP contribution is 2.31. The molecule has 30 heavy (non-hydrogen) atoms. The standard InChI is InChI=1S/C26H37N3O/c1-5-6-7-8-20-9-10-24-22(15-20)25(11-12-28-24)29-26(30)23(27)16-21-18(3)13-17(2)14-19(21)4/h9-10,13-15,23,25,28H,5-8,11-12,16,27H2,1-4H3,(H,29,30)/t23-,25+/m0/s1. The maximum atomic E-state index is 13.0. The third-order valence-electron chi connectivity index (χ3n) is 6.23. The van der Waals surface area contributed by atoms with Gasteiger partial charge in [0.15, 0.2) is 0 Å². The van der Waals surface area contributed by atoms with Gasteiger partial charge in [-0.1, -0.05) is 49.6 Å². The Morgan fingerprint density at radius 1 is 1.17 bits per heavy atom. The zero-order valence-corrected chi connectivity index (χ0v) is 19.0. The lowest BCUT2D eigenvalue weighted by atomic mass is 9.92. The van der Waals surface area contributed by atoms with Gasteiger partial charge >= 0.3 is 0 Å². The van der Waals surface area contributed by atoms with Crippen molar-refractivity contribution < 1.29 is 4.79 Å². The molecule has 2 aromatic rings. The first kappa shape index (κ1) is 22.4. The molecule has 0 aliphatic carbocycles. The molecule has 4 N–H and O–H groups in total. The third-order valence-corrected chi connectivity index (χ3v) is 6.23. The Morgan fingerprint density at radius 2 is 1.90 bits per heavy atom. The summed E-state index contributed by atoms with van der Waals surface area (Å²) in [4.78, 5) is 13.0. The fourth-order valence-corrected chi connectivity index (χ4v) is 4.58. The molecule has 162 valence electrons. The molecule has 0 fully saturated rings. The van der Waals surface area contributed by atoms with Gasteiger partial charge in [0.25, 0.3) is 0 Å². The zero-order chi connectivity index (χ0) is 21.7. The topological polar surface area (TPSA) is 67.2 Å². The molecule has 0 radical (unpaired) electrons. The predicted molar refractivity (Wildman–Crippen MR) is 126 cm³/mol. The molecule has 0 unspecified atom stereocenters. The van der Waals surface area contributed by atoms with E-state index < -0.39 is 6.04 Å². The van der Waals surface area contributed by atoms with Crippen LogP contribution in [0.3, 0.4) is 0 Å². The summed E-state index contributed by atoms with van der Waals surface area (Å²) in [5.74, 6) is -0.0661. The summed E-state index contributed by atoms with van der Waals surface area (Å²) < 4.78 is 0. The number of unbranched alkanes of at least 4 members (excludes halogenated alkanes) is 2. The Labute approximate surface area is 181 Å². The molecule has 1 heterocycles. The molecule has 4 heteroatoms. The number of benzene rings is 2. The van der Waals surface area contributed by atoms with Crippen LogP contribution in [0.25, 0.3) is 0 Å². The molecule has 1 aliphatic heterocycles. The third kappa shape index (κ3) is 5.42. The second-order valence-corrected chi connectivity index (χ2v) is 8.84. The van der Waals surface area contributed by atoms with Crippen molar-refractivity contribution in [3.8, 4) is 0 Å². The molecule has 0 spiro atoms. The van der Waals surface area contributed by atoms with Crippen LogP contribution >= 0.6 is 0 Å². The number of nitrogens with one attached hydrogen (secondary N) is 2. The minimum atomic E-state index is -0.545. The largest absolute Gasteiger partial charge is 0.385 e. The first-order valence-corrected chi connectivity index (χ1v) is 11.4. The number of carbonyl (C=O) groups excluding carboxylic acids is 1. The summed E-state index contributed by atoms with van der Waals surface area (Å²) in [6, 6.07) is 10.4. The van der Waals surface area contributed by atoms with Crippen LogP contribution in [0.15, 0.2) is 30.3 Å². The second-order valence-electron chi connectivity index (χ2n) is 8.84. The highest BCUT2D eigenvalue weighted by Gasteiger charge is 2.25. The zero-order valence-electron chi connectivity index (χ0n) is 19.0. The average molecular weight is 408 g/mol. The second kappa shape index (κ2) is 10.1. The lowest BCUT2D eigenvalue weighted by molar-refractivity contribution is -0.123. The monoisotopic (exact) mass is 407 g/mol. The average Bonchev–Trinajstić information content (AvgIpc) is 2.71. The van der Waals surface area contributed by atoms with Gasteiger partial charge in [-0.2, -0.15) is 0 Å². The molecular weight excluding hydrogens is 370 g/mol. The Balaban J connectivity index is 1.69. The molecular formula is C26H37N3O. The minimum Gasteiger partial charge on any atom is -0.385 e. The molecule has 0 bridgehead atoms. The van der Waals surface area contributed by atoms with E-state index in [1.54, 1.807) is 0 Å². The first-order valence-electron chi connectivity index (χ1n) is 11.4. The number of aryl methyl sites for hydroxylation is 4. The summed E-state index contributed by atoms with van der Waals surface area (Å²) in [6.45, 7) is 9.39. The van der Waals surface area contributed by atoms with Gasteiger partial charge in [0.2, 0.25) is 5.91 Å². The van der Waals surface area contributed by atoms with Crippen molar-refractivity contribution in [3.63, 3.8) is 0 Å². The summed E-state index contributed by atoms with van der Waals surface area (Å²) in [5.41, 5.74) is 14.9. The van der Waals surface area contributed by atoms with Crippen molar-refractivity contribution in [2.24, 2.45) is 5.73 Å². The fourth-order valence-electron chi connectivity index (χ4n) is 4.58. The number of fused-ring (bicyclic) bond motifs is 1. The minimum absolute atomic E-state index is 0.0196. The van der Waals surface area contributed by atoms with E-state index in [1.165, 1.54) is 52.6 Å². The number of hydrogen-bond acceptors (Lipinski definition) is 3. The molecule has 0 saturated heterocycles. The van der Waals surface area contributed by atoms with Gasteiger partial charge in [0.1, 0.15) is 0 Å². The number of anilines is 1. The summed E-state index contributed by atoms with van der Waals surface area (Å²) >= 11 is 0. The Morgan fingerprint density at radius 3 is 2.60 bits per heavy atom. The van der Waals surface area contributed by atoms with E-state index in [1.807, 2.05) is 0 Å². The smallest absolute Gasteiger partial charge is 0.237 e. The van der Waals surface area contributed by atoms with E-state index in [-0.39, 0.29) is 11.9 Å². The Hall–Kier alpha value is -2.33. The Kier molecular flexibility index (Phi) is 7.54. The molecule has 1 aliphatic rings. The molecule has 1 amide bonds. The summed E-state index contributed by atoms with van der Waals surface area (Å²) in [6.07, 6.45) is 6.23. The van der Waals surface area contributed by atoms with Crippen molar-refractivity contribution in [1.82, 2.24) is 5.32 Å². The number of hydrogen-bond donors (Lipinski definition) is 3. The van der Waals surface area contributed by atoms with Gasteiger partial charge < -0.3 is 16.4 Å². The SMILES string of the molecule is CCCCCc1ccc2c(c1)[C@H](NC(=O)[C@@H](N)Cc1c(C)cc(C)cc1C)CCN2. The highest BCUT2D eigenvalue weighted by molar-refractivity contribution is 5.82. The fraction of sp³-hybridized carbons (Fsp3) is 0.500. The molecule has 2 atom stereocenters.